The number of aromatic nitrogens is 4. The maximum absolute atomic E-state index is 12.3. The van der Waals surface area contributed by atoms with E-state index in [-0.39, 0.29) is 5.91 Å². The van der Waals surface area contributed by atoms with Gasteiger partial charge in [0.25, 0.3) is 11.8 Å². The van der Waals surface area contributed by atoms with Gasteiger partial charge in [0.1, 0.15) is 12.0 Å². The van der Waals surface area contributed by atoms with Crippen molar-refractivity contribution in [3.8, 4) is 11.4 Å². The van der Waals surface area contributed by atoms with Gasteiger partial charge in [0.15, 0.2) is 5.82 Å². The minimum absolute atomic E-state index is 0.226. The van der Waals surface area contributed by atoms with E-state index in [0.717, 1.165) is 16.7 Å². The summed E-state index contributed by atoms with van der Waals surface area (Å²) in [5.41, 5.74) is 6.37. The number of fused-ring (bicyclic) bond motifs is 1. The molecular weight excluding hydrogens is 356 g/mol. The normalized spacial score (nSPS) is 13.8. The number of hydrogen-bond acceptors (Lipinski definition) is 4. The summed E-state index contributed by atoms with van der Waals surface area (Å²) in [6.07, 6.45) is 6.21. The maximum Gasteiger partial charge on any atom is 0.288 e. The topological polar surface area (TPSA) is 85.0 Å². The average molecular weight is 376 g/mol. The molecule has 1 aromatic carbocycles. The van der Waals surface area contributed by atoms with Gasteiger partial charge in [0.05, 0.1) is 6.54 Å². The van der Waals surface area contributed by atoms with Gasteiger partial charge in [-0.15, -0.1) is 5.10 Å². The molecule has 0 radical (unpaired) electrons. The molecule has 2 amide bonds. The lowest BCUT2D eigenvalue weighted by Crippen LogP contribution is -2.50. The van der Waals surface area contributed by atoms with Crippen molar-refractivity contribution < 1.29 is 9.59 Å². The van der Waals surface area contributed by atoms with Gasteiger partial charge in [-0.1, -0.05) is 17.2 Å². The number of benzene rings is 1. The Bertz CT molecular complexity index is 1060. The highest BCUT2D eigenvalue weighted by molar-refractivity contribution is 5.97. The van der Waals surface area contributed by atoms with E-state index in [0.29, 0.717) is 24.6 Å². The lowest BCUT2D eigenvalue weighted by molar-refractivity contribution is -0.120. The molecule has 0 fully saturated rings. The second-order valence-corrected chi connectivity index (χ2v) is 6.76. The second kappa shape index (κ2) is 7.15. The summed E-state index contributed by atoms with van der Waals surface area (Å²) in [6, 6.07) is 9.67. The summed E-state index contributed by atoms with van der Waals surface area (Å²) in [7, 11) is 0. The Labute approximate surface area is 162 Å². The van der Waals surface area contributed by atoms with Crippen LogP contribution >= 0.6 is 0 Å². The largest absolute Gasteiger partial charge is 0.342 e. The Kier molecular flexibility index (Phi) is 4.52. The van der Waals surface area contributed by atoms with Gasteiger partial charge in [-0.05, 0) is 38.1 Å². The highest BCUT2D eigenvalue weighted by Gasteiger charge is 2.24. The fourth-order valence-electron chi connectivity index (χ4n) is 3.25. The van der Waals surface area contributed by atoms with Crippen LogP contribution in [0, 0.1) is 13.8 Å². The molecule has 8 heteroatoms. The molecule has 0 bridgehead atoms. The second-order valence-electron chi connectivity index (χ2n) is 6.76. The van der Waals surface area contributed by atoms with Crippen LogP contribution in [-0.2, 0) is 11.3 Å². The van der Waals surface area contributed by atoms with E-state index in [9.17, 15) is 9.59 Å². The van der Waals surface area contributed by atoms with Crippen LogP contribution in [0.1, 0.15) is 21.6 Å². The summed E-state index contributed by atoms with van der Waals surface area (Å²) in [4.78, 5) is 28.8. The predicted octanol–water partition coefficient (Wildman–Crippen LogP) is 2.02. The third kappa shape index (κ3) is 3.57. The van der Waals surface area contributed by atoms with E-state index in [1.54, 1.807) is 6.07 Å². The van der Waals surface area contributed by atoms with E-state index >= 15 is 0 Å². The van der Waals surface area contributed by atoms with Crippen LogP contribution in [0.15, 0.2) is 48.9 Å². The van der Waals surface area contributed by atoms with Gasteiger partial charge in [-0.25, -0.2) is 14.7 Å². The van der Waals surface area contributed by atoms with Crippen molar-refractivity contribution in [2.45, 2.75) is 20.4 Å². The molecule has 0 aliphatic carbocycles. The highest BCUT2D eigenvalue weighted by atomic mass is 16.2. The Morgan fingerprint density at radius 2 is 1.96 bits per heavy atom. The number of carbonyl (C=O) groups excluding carboxylic acids is 2. The first-order valence-corrected chi connectivity index (χ1v) is 8.95. The van der Waals surface area contributed by atoms with Crippen LogP contribution < -0.4 is 5.43 Å². The molecule has 28 heavy (non-hydrogen) atoms. The van der Waals surface area contributed by atoms with Crippen LogP contribution in [-0.4, -0.2) is 42.7 Å². The van der Waals surface area contributed by atoms with Gasteiger partial charge >= 0.3 is 0 Å². The van der Waals surface area contributed by atoms with Crippen molar-refractivity contribution in [1.82, 2.24) is 29.8 Å². The molecule has 1 aliphatic rings. The predicted molar refractivity (Wildman–Crippen MR) is 104 cm³/mol. The number of aryl methyl sites for hydroxylation is 2. The van der Waals surface area contributed by atoms with Crippen LogP contribution in [0.2, 0.25) is 0 Å². The molecule has 1 N–H and O–H groups in total. The van der Waals surface area contributed by atoms with Crippen molar-refractivity contribution in [3.63, 3.8) is 0 Å². The lowest BCUT2D eigenvalue weighted by Gasteiger charge is -2.27. The molecule has 0 spiro atoms. The molecule has 4 rings (SSSR count). The molecule has 0 saturated heterocycles. The lowest BCUT2D eigenvalue weighted by atomic mass is 10.1. The Hall–Kier alpha value is -3.68. The summed E-state index contributed by atoms with van der Waals surface area (Å²) in [5.74, 6) is -0.0449. The summed E-state index contributed by atoms with van der Waals surface area (Å²) < 4.78 is 3.33. The smallest absolute Gasteiger partial charge is 0.288 e. The van der Waals surface area contributed by atoms with E-state index < -0.39 is 5.91 Å². The molecule has 0 saturated carbocycles. The van der Waals surface area contributed by atoms with E-state index in [1.165, 1.54) is 28.3 Å². The van der Waals surface area contributed by atoms with Crippen molar-refractivity contribution in [3.05, 3.63) is 65.8 Å². The van der Waals surface area contributed by atoms with Crippen molar-refractivity contribution in [2.75, 3.05) is 6.54 Å². The standard InChI is InChI=1S/C20H20N6O2/c1-14-10-15(2)12-16(11-14)19-21-13-25(23-19)7-5-18(27)22-26-9-8-24-6-3-4-17(24)20(26)28/h3-7,10-13H,8-9H2,1-2H3,(H,22,27)/b7-5-. The molecule has 8 nitrogen and oxygen atoms in total. The number of nitrogens with zero attached hydrogens (tertiary/aromatic N) is 5. The van der Waals surface area contributed by atoms with Crippen LogP contribution in [0.25, 0.3) is 17.6 Å². The zero-order valence-corrected chi connectivity index (χ0v) is 15.7. The number of nitrogens with one attached hydrogen (secondary N) is 1. The van der Waals surface area contributed by atoms with Crippen molar-refractivity contribution in [2.24, 2.45) is 0 Å². The average Bonchev–Trinajstić information content (AvgIpc) is 3.31. The number of hydrogen-bond donors (Lipinski definition) is 1. The monoisotopic (exact) mass is 376 g/mol. The first-order chi connectivity index (χ1) is 13.5. The minimum Gasteiger partial charge on any atom is -0.342 e. The summed E-state index contributed by atoms with van der Waals surface area (Å²) in [6.45, 7) is 5.10. The molecule has 0 unspecified atom stereocenters. The number of hydrazine groups is 1. The fraction of sp³-hybridized carbons (Fsp3) is 0.200. The highest BCUT2D eigenvalue weighted by Crippen LogP contribution is 2.18. The van der Waals surface area contributed by atoms with E-state index in [2.05, 4.69) is 21.6 Å². The molecule has 3 aromatic rings. The Morgan fingerprint density at radius 1 is 1.18 bits per heavy atom. The van der Waals surface area contributed by atoms with Crippen LogP contribution in [0.4, 0.5) is 0 Å². The van der Waals surface area contributed by atoms with Gasteiger partial charge in [-0.2, -0.15) is 0 Å². The first-order valence-electron chi connectivity index (χ1n) is 8.95. The maximum atomic E-state index is 12.3. The number of amides is 2. The summed E-state index contributed by atoms with van der Waals surface area (Å²) >= 11 is 0. The van der Waals surface area contributed by atoms with E-state index in [1.807, 2.05) is 42.8 Å². The van der Waals surface area contributed by atoms with Crippen LogP contribution in [0.3, 0.4) is 0 Å². The molecule has 3 heterocycles. The molecular formula is C20H20N6O2. The molecule has 0 atom stereocenters. The van der Waals surface area contributed by atoms with Crippen molar-refractivity contribution in [1.29, 1.82) is 0 Å². The minimum atomic E-state index is -0.406. The zero-order valence-electron chi connectivity index (χ0n) is 15.7. The third-order valence-electron chi connectivity index (χ3n) is 4.47. The first kappa shape index (κ1) is 17.7. The van der Waals surface area contributed by atoms with Crippen molar-refractivity contribution >= 4 is 18.0 Å². The quantitative estimate of drug-likeness (QED) is 0.706. The number of rotatable bonds is 4. The molecule has 1 aliphatic heterocycles. The van der Waals surface area contributed by atoms with Gasteiger partial charge < -0.3 is 4.57 Å². The van der Waals surface area contributed by atoms with Gasteiger partial charge in [0, 0.05) is 30.6 Å². The number of carbonyl (C=O) groups is 2. The fourth-order valence-corrected chi connectivity index (χ4v) is 3.25. The van der Waals surface area contributed by atoms with Crippen LogP contribution in [0.5, 0.6) is 0 Å². The summed E-state index contributed by atoms with van der Waals surface area (Å²) in [5, 5.41) is 5.70. The van der Waals surface area contributed by atoms with E-state index in [4.69, 9.17) is 0 Å². The van der Waals surface area contributed by atoms with Gasteiger partial charge in [-0.3, -0.25) is 15.0 Å². The zero-order chi connectivity index (χ0) is 19.7. The Morgan fingerprint density at radius 3 is 2.75 bits per heavy atom. The molecule has 2 aromatic heterocycles. The SMILES string of the molecule is Cc1cc(C)cc(-c2ncn(/C=C\C(=O)NN3CCn4cccc4C3=O)n2)c1. The third-order valence-corrected chi connectivity index (χ3v) is 4.47. The Balaban J connectivity index is 1.41. The van der Waals surface area contributed by atoms with Gasteiger partial charge in [0.2, 0.25) is 0 Å². The molecule has 142 valence electrons.